The fraction of sp³-hybridized carbons (Fsp3) is 0.444. The van der Waals surface area contributed by atoms with E-state index in [0.717, 1.165) is 24.8 Å². The molecule has 2 atom stereocenters. The van der Waals surface area contributed by atoms with E-state index >= 15 is 0 Å². The first kappa shape index (κ1) is 30.9. The lowest BCUT2D eigenvalue weighted by Gasteiger charge is -2.61. The molecule has 4 aromatic rings. The van der Waals surface area contributed by atoms with Crippen LogP contribution < -0.4 is 20.3 Å². The van der Waals surface area contributed by atoms with Crippen molar-refractivity contribution in [3.8, 4) is 5.75 Å². The van der Waals surface area contributed by atoms with Gasteiger partial charge >= 0.3 is 15.8 Å². The molecule has 4 saturated carbocycles. The fourth-order valence-corrected chi connectivity index (χ4v) is 10.8. The number of carbonyl (C=O) groups is 1. The summed E-state index contributed by atoms with van der Waals surface area (Å²) in [6.07, 6.45) is 9.94. The van der Waals surface area contributed by atoms with Gasteiger partial charge in [0.05, 0.1) is 12.0 Å². The Morgan fingerprint density at radius 2 is 1.71 bits per heavy atom. The maximum Gasteiger partial charge on any atom is 0.339 e. The average Bonchev–Trinajstić information content (AvgIpc) is 3.05. The second kappa shape index (κ2) is 11.3. The van der Waals surface area contributed by atoms with E-state index in [2.05, 4.69) is 16.9 Å². The lowest BCUT2D eigenvalue weighted by atomic mass is 9.44. The Kier molecular flexibility index (Phi) is 7.28. The van der Waals surface area contributed by atoms with E-state index in [1.807, 2.05) is 9.80 Å². The molecular weight excluding hydrogens is 630 g/mol. The summed E-state index contributed by atoms with van der Waals surface area (Å²) in [6, 6.07) is 14.5. The van der Waals surface area contributed by atoms with Crippen molar-refractivity contribution in [3.63, 3.8) is 0 Å². The number of fused-ring (bicyclic) bond motifs is 1. The Labute approximate surface area is 278 Å². The van der Waals surface area contributed by atoms with Gasteiger partial charge in [-0.1, -0.05) is 31.2 Å². The Balaban J connectivity index is 0.969. The summed E-state index contributed by atoms with van der Waals surface area (Å²) in [6.45, 7) is 4.65. The number of aromatic nitrogens is 3. The van der Waals surface area contributed by atoms with Crippen LogP contribution in [0.2, 0.25) is 0 Å². The van der Waals surface area contributed by atoms with E-state index in [-0.39, 0.29) is 28.0 Å². The molecule has 11 nitrogen and oxygen atoms in total. The second-order valence-corrected chi connectivity index (χ2v) is 16.3. The van der Waals surface area contributed by atoms with Gasteiger partial charge < -0.3 is 14.0 Å². The van der Waals surface area contributed by atoms with Crippen molar-refractivity contribution in [2.24, 2.45) is 22.7 Å². The maximum atomic E-state index is 14.1. The number of nitrogens with one attached hydrogen (secondary N) is 1. The lowest BCUT2D eigenvalue weighted by molar-refractivity contribution is -0.166. The van der Waals surface area contributed by atoms with Crippen molar-refractivity contribution < 1.29 is 17.4 Å². The highest BCUT2D eigenvalue weighted by molar-refractivity contribution is 7.87. The number of aromatic amines is 1. The Morgan fingerprint density at radius 1 is 0.979 bits per heavy atom. The summed E-state index contributed by atoms with van der Waals surface area (Å²) < 4.78 is 33.3. The Hall–Kier alpha value is -4.45. The molecule has 0 radical (unpaired) electrons. The number of pyridine rings is 1. The third kappa shape index (κ3) is 5.49. The van der Waals surface area contributed by atoms with E-state index in [4.69, 9.17) is 4.18 Å². The predicted octanol–water partition coefficient (Wildman–Crippen LogP) is 4.16. The molecule has 1 aliphatic heterocycles. The molecule has 5 aliphatic rings. The SMILES string of the molecule is CC12CC3CC(C1)CC(C(=O)N1CCN(c4cc(=O)[nH]c(=O)n4Cc4ccc(OS(=O)(=O)c5cccc6cnccc56)cc4)CC1)(C3)C2. The number of H-pyrrole nitrogens is 1. The zero-order chi connectivity index (χ0) is 33.3. The molecule has 9 rings (SSSR count). The molecule has 12 heteroatoms. The minimum Gasteiger partial charge on any atom is -0.379 e. The lowest BCUT2D eigenvalue weighted by Crippen LogP contribution is -2.60. The Bertz CT molecular complexity index is 2120. The molecule has 4 bridgehead atoms. The minimum atomic E-state index is -4.13. The summed E-state index contributed by atoms with van der Waals surface area (Å²) in [5.41, 5.74) is -0.240. The number of hydrogen-bond acceptors (Lipinski definition) is 8. The summed E-state index contributed by atoms with van der Waals surface area (Å²) >= 11 is 0. The number of hydrogen-bond donors (Lipinski definition) is 1. The largest absolute Gasteiger partial charge is 0.379 e. The molecule has 0 spiro atoms. The third-order valence-electron chi connectivity index (χ3n) is 11.1. The van der Waals surface area contributed by atoms with E-state index in [0.29, 0.717) is 60.5 Å². The van der Waals surface area contributed by atoms with Crippen molar-refractivity contribution in [2.45, 2.75) is 56.9 Å². The molecule has 4 aliphatic carbocycles. The van der Waals surface area contributed by atoms with Crippen molar-refractivity contribution >= 4 is 32.6 Å². The summed E-state index contributed by atoms with van der Waals surface area (Å²) in [5, 5.41) is 1.20. The first-order valence-corrected chi connectivity index (χ1v) is 18.1. The highest BCUT2D eigenvalue weighted by Crippen LogP contribution is 2.65. The second-order valence-electron chi connectivity index (χ2n) is 14.7. The van der Waals surface area contributed by atoms with Crippen molar-refractivity contribution in [3.05, 3.63) is 93.4 Å². The quantitative estimate of drug-likeness (QED) is 0.290. The van der Waals surface area contributed by atoms with Gasteiger partial charge in [0.1, 0.15) is 16.5 Å². The van der Waals surface area contributed by atoms with Crippen molar-refractivity contribution in [1.29, 1.82) is 0 Å². The predicted molar refractivity (Wildman–Crippen MR) is 180 cm³/mol. The number of rotatable bonds is 7. The normalized spacial score (nSPS) is 26.6. The van der Waals surface area contributed by atoms with Gasteiger partial charge in [-0.2, -0.15) is 8.42 Å². The molecule has 3 heterocycles. The van der Waals surface area contributed by atoms with Crippen LogP contribution in [0.15, 0.2) is 81.5 Å². The number of piperazine rings is 1. The van der Waals surface area contributed by atoms with Gasteiger partial charge in [-0.25, -0.2) is 4.79 Å². The van der Waals surface area contributed by atoms with E-state index in [9.17, 15) is 22.8 Å². The summed E-state index contributed by atoms with van der Waals surface area (Å²) in [7, 11) is -4.13. The highest BCUT2D eigenvalue weighted by atomic mass is 32.2. The third-order valence-corrected chi connectivity index (χ3v) is 12.4. The highest BCUT2D eigenvalue weighted by Gasteiger charge is 2.59. The standard InChI is InChI=1S/C36H39N5O6S/c1-35-17-25-15-26(18-35)20-36(19-25,23-35)33(43)40-13-11-39(12-14-40)32-16-31(42)38-34(44)41(32)22-24-5-7-28(8-6-24)47-48(45,46)30-4-2-3-27-21-37-10-9-29(27)30/h2-10,16,21,25-26H,11-15,17-20,22-23H2,1H3,(H,38,42,44). The van der Waals surface area contributed by atoms with E-state index in [1.165, 1.54) is 42.2 Å². The van der Waals surface area contributed by atoms with Gasteiger partial charge in [-0.3, -0.25) is 24.1 Å². The number of benzene rings is 2. The Morgan fingerprint density at radius 3 is 2.42 bits per heavy atom. The number of amides is 1. The molecule has 5 fully saturated rings. The molecule has 1 saturated heterocycles. The fourth-order valence-electron chi connectivity index (χ4n) is 9.68. The van der Waals surface area contributed by atoms with Crippen LogP contribution >= 0.6 is 0 Å². The number of carbonyl (C=O) groups excluding carboxylic acids is 1. The van der Waals surface area contributed by atoms with Crippen LogP contribution in [0.25, 0.3) is 10.8 Å². The molecule has 2 aromatic heterocycles. The molecule has 1 amide bonds. The summed E-state index contributed by atoms with van der Waals surface area (Å²) in [5.74, 6) is 2.25. The summed E-state index contributed by atoms with van der Waals surface area (Å²) in [4.78, 5) is 50.1. The van der Waals surface area contributed by atoms with E-state index in [1.54, 1.807) is 48.7 Å². The van der Waals surface area contributed by atoms with Gasteiger partial charge in [0, 0.05) is 55.4 Å². The number of anilines is 1. The van der Waals surface area contributed by atoms with Crippen LogP contribution in [0, 0.1) is 22.7 Å². The van der Waals surface area contributed by atoms with Crippen LogP contribution in [0.4, 0.5) is 5.82 Å². The topological polar surface area (TPSA) is 135 Å². The van der Waals surface area contributed by atoms with Crippen LogP contribution in [-0.4, -0.2) is 59.9 Å². The van der Waals surface area contributed by atoms with Gasteiger partial charge in [0.2, 0.25) is 5.91 Å². The first-order valence-electron chi connectivity index (χ1n) is 16.7. The van der Waals surface area contributed by atoms with Crippen molar-refractivity contribution in [1.82, 2.24) is 19.4 Å². The van der Waals surface area contributed by atoms with Crippen molar-refractivity contribution in [2.75, 3.05) is 31.1 Å². The average molecular weight is 670 g/mol. The van der Waals surface area contributed by atoms with Crippen LogP contribution in [0.3, 0.4) is 0 Å². The molecule has 48 heavy (non-hydrogen) atoms. The number of nitrogens with zero attached hydrogens (tertiary/aromatic N) is 4. The first-order chi connectivity index (χ1) is 23.0. The van der Waals surface area contributed by atoms with Crippen LogP contribution in [0.1, 0.15) is 51.0 Å². The molecule has 2 unspecified atom stereocenters. The minimum absolute atomic E-state index is 0.0462. The molecule has 1 N–H and O–H groups in total. The van der Waals surface area contributed by atoms with Gasteiger partial charge in [-0.05, 0) is 85.6 Å². The zero-order valence-electron chi connectivity index (χ0n) is 26.9. The maximum absolute atomic E-state index is 14.1. The zero-order valence-corrected chi connectivity index (χ0v) is 27.7. The molecule has 250 valence electrons. The smallest absolute Gasteiger partial charge is 0.339 e. The van der Waals surface area contributed by atoms with Crippen LogP contribution in [0.5, 0.6) is 5.75 Å². The monoisotopic (exact) mass is 669 g/mol. The van der Waals surface area contributed by atoms with E-state index < -0.39 is 21.4 Å². The van der Waals surface area contributed by atoms with Gasteiger partial charge in [-0.15, -0.1) is 0 Å². The van der Waals surface area contributed by atoms with Gasteiger partial charge in [0.15, 0.2) is 0 Å². The molecular formula is C36H39N5O6S. The van der Waals surface area contributed by atoms with Gasteiger partial charge in [0.25, 0.3) is 5.56 Å². The van der Waals surface area contributed by atoms with Crippen LogP contribution in [-0.2, 0) is 21.5 Å². The molecule has 2 aromatic carbocycles.